The molecule has 0 aliphatic carbocycles. The van der Waals surface area contributed by atoms with Gasteiger partial charge in [0.2, 0.25) is 0 Å². The number of fused-ring (bicyclic) bond motifs is 1. The summed E-state index contributed by atoms with van der Waals surface area (Å²) in [5.74, 6) is -0.220. The van der Waals surface area contributed by atoms with E-state index >= 15 is 0 Å². The number of aliphatic imine (C=N–C) groups is 1. The van der Waals surface area contributed by atoms with Gasteiger partial charge in [-0.3, -0.25) is 0 Å². The van der Waals surface area contributed by atoms with Crippen molar-refractivity contribution >= 4 is 28.5 Å². The second-order valence-electron chi connectivity index (χ2n) is 4.35. The lowest BCUT2D eigenvalue weighted by Crippen LogP contribution is -2.47. The van der Waals surface area contributed by atoms with Crippen molar-refractivity contribution in [3.63, 3.8) is 0 Å². The van der Waals surface area contributed by atoms with Crippen LogP contribution in [0.25, 0.3) is 0 Å². The molecule has 0 radical (unpaired) electrons. The highest BCUT2D eigenvalue weighted by molar-refractivity contribution is 8.13. The summed E-state index contributed by atoms with van der Waals surface area (Å²) in [6.07, 6.45) is -5.13. The largest absolute Gasteiger partial charge is 0.449 e. The second kappa shape index (κ2) is 3.32. The average molecular weight is 251 g/mol. The number of hydrogen-bond donors (Lipinski definition) is 0. The van der Waals surface area contributed by atoms with Crippen molar-refractivity contribution in [1.82, 2.24) is 0 Å². The highest BCUT2D eigenvalue weighted by Gasteiger charge is 2.53. The number of nitrogens with zero attached hydrogens (tertiary/aromatic N) is 2. The van der Waals surface area contributed by atoms with E-state index in [9.17, 15) is 18.0 Å². The minimum Gasteiger partial charge on any atom is -0.242 e. The molecule has 1 amide bonds. The van der Waals surface area contributed by atoms with Crippen molar-refractivity contribution in [3.05, 3.63) is 0 Å². The first-order valence-electron chi connectivity index (χ1n) is 4.69. The van der Waals surface area contributed by atoms with E-state index < -0.39 is 29.8 Å². The normalized spacial score (nSPS) is 24.6. The van der Waals surface area contributed by atoms with E-state index in [0.717, 1.165) is 4.58 Å². The van der Waals surface area contributed by atoms with Gasteiger partial charge in [-0.15, -0.1) is 0 Å². The zero-order chi connectivity index (χ0) is 12.1. The smallest absolute Gasteiger partial charge is 0.242 e. The quantitative estimate of drug-likeness (QED) is 0.615. The van der Waals surface area contributed by atoms with Crippen LogP contribution in [0, 0.1) is 0 Å². The van der Waals surface area contributed by atoms with Gasteiger partial charge < -0.3 is 0 Å². The first kappa shape index (κ1) is 11.6. The third-order valence-electron chi connectivity index (χ3n) is 2.49. The maximum atomic E-state index is 12.8. The van der Waals surface area contributed by atoms with Crippen molar-refractivity contribution in [1.29, 1.82) is 0 Å². The standard InChI is InChI=1S/C9H10F3N2OS/c1-8(2)4-16-7-13-6(15)3-5(14(7)8)9(10,11)12/h3-4H2,1-2H3/q+1. The molecule has 0 atom stereocenters. The first-order valence-corrected chi connectivity index (χ1v) is 5.68. The van der Waals surface area contributed by atoms with E-state index in [0.29, 0.717) is 5.75 Å². The molecule has 0 aromatic heterocycles. The molecule has 0 unspecified atom stereocenters. The van der Waals surface area contributed by atoms with E-state index in [-0.39, 0.29) is 5.17 Å². The summed E-state index contributed by atoms with van der Waals surface area (Å²) in [5, 5.41) is 0.175. The molecular weight excluding hydrogens is 241 g/mol. The number of hydrogen-bond acceptors (Lipinski definition) is 2. The third-order valence-corrected chi connectivity index (χ3v) is 3.87. The van der Waals surface area contributed by atoms with Gasteiger partial charge in [0, 0.05) is 10.7 Å². The molecule has 2 aliphatic heterocycles. The van der Waals surface area contributed by atoms with Crippen LogP contribution in [0.2, 0.25) is 0 Å². The number of halogens is 3. The Morgan fingerprint density at radius 1 is 1.44 bits per heavy atom. The van der Waals surface area contributed by atoms with Crippen LogP contribution < -0.4 is 0 Å². The Labute approximate surface area is 94.4 Å². The highest BCUT2D eigenvalue weighted by atomic mass is 32.2. The van der Waals surface area contributed by atoms with Gasteiger partial charge >= 0.3 is 17.3 Å². The molecule has 2 rings (SSSR count). The Hall–Kier alpha value is -0.850. The number of alkyl halides is 3. The lowest BCUT2D eigenvalue weighted by molar-refractivity contribution is -0.488. The van der Waals surface area contributed by atoms with Gasteiger partial charge in [-0.2, -0.15) is 13.2 Å². The summed E-state index contributed by atoms with van der Waals surface area (Å²) >= 11 is 1.19. The predicted octanol–water partition coefficient (Wildman–Crippen LogP) is 1.81. The monoisotopic (exact) mass is 251 g/mol. The van der Waals surface area contributed by atoms with Crippen LogP contribution in [-0.2, 0) is 4.79 Å². The van der Waals surface area contributed by atoms with Crippen LogP contribution in [0.1, 0.15) is 20.3 Å². The van der Waals surface area contributed by atoms with E-state index in [2.05, 4.69) is 4.99 Å². The number of amidine groups is 1. The van der Waals surface area contributed by atoms with E-state index in [1.165, 1.54) is 11.8 Å². The van der Waals surface area contributed by atoms with E-state index in [4.69, 9.17) is 0 Å². The van der Waals surface area contributed by atoms with E-state index in [1.807, 2.05) is 0 Å². The topological polar surface area (TPSA) is 32.4 Å². The lowest BCUT2D eigenvalue weighted by Gasteiger charge is -2.21. The van der Waals surface area contributed by atoms with Crippen molar-refractivity contribution in [3.8, 4) is 0 Å². The Bertz CT molecular complexity index is 423. The van der Waals surface area contributed by atoms with Crippen LogP contribution in [-0.4, -0.2) is 38.8 Å². The summed E-state index contributed by atoms with van der Waals surface area (Å²) in [6.45, 7) is 3.42. The van der Waals surface area contributed by atoms with Gasteiger partial charge in [0.25, 0.3) is 0 Å². The Kier molecular flexibility index (Phi) is 2.41. The fourth-order valence-electron chi connectivity index (χ4n) is 1.79. The number of carbonyl (C=O) groups is 1. The molecule has 0 spiro atoms. The molecule has 0 saturated carbocycles. The molecule has 3 nitrogen and oxygen atoms in total. The molecule has 0 aromatic rings. The minimum absolute atomic E-state index is 0.175. The lowest BCUT2D eigenvalue weighted by atomic mass is 10.1. The maximum absolute atomic E-state index is 12.8. The molecule has 16 heavy (non-hydrogen) atoms. The summed E-state index contributed by atoms with van der Waals surface area (Å²) < 4.78 is 39.6. The number of amides is 1. The van der Waals surface area contributed by atoms with Gasteiger partial charge in [-0.25, -0.2) is 9.37 Å². The van der Waals surface area contributed by atoms with Crippen LogP contribution in [0.4, 0.5) is 13.2 Å². The summed E-state index contributed by atoms with van der Waals surface area (Å²) in [7, 11) is 0. The molecular formula is C9H10F3N2OS+. The van der Waals surface area contributed by atoms with Crippen molar-refractivity contribution in [2.75, 3.05) is 5.75 Å². The molecule has 0 N–H and O–H groups in total. The fraction of sp³-hybridized carbons (Fsp3) is 0.667. The predicted molar refractivity (Wildman–Crippen MR) is 54.9 cm³/mol. The van der Waals surface area contributed by atoms with Gasteiger partial charge in [0.05, 0.1) is 0 Å². The molecule has 1 saturated heterocycles. The van der Waals surface area contributed by atoms with Gasteiger partial charge in [-0.05, 0) is 25.6 Å². The molecule has 0 bridgehead atoms. The van der Waals surface area contributed by atoms with Gasteiger partial charge in [-0.1, -0.05) is 0 Å². The van der Waals surface area contributed by atoms with Crippen LogP contribution in [0.5, 0.6) is 0 Å². The SMILES string of the molecule is CC1(C)CSC2=NC(=O)CC(C(F)(F)F)=[N+]21. The molecule has 1 fully saturated rings. The second-order valence-corrected chi connectivity index (χ2v) is 5.29. The molecule has 2 heterocycles. The summed E-state index contributed by atoms with van der Waals surface area (Å²) in [5.41, 5.74) is -1.44. The van der Waals surface area contributed by atoms with Crippen LogP contribution in [0.15, 0.2) is 4.99 Å². The summed E-state index contributed by atoms with van der Waals surface area (Å²) in [4.78, 5) is 14.8. The Morgan fingerprint density at radius 2 is 2.06 bits per heavy atom. The highest BCUT2D eigenvalue weighted by Crippen LogP contribution is 2.34. The number of rotatable bonds is 0. The maximum Gasteiger partial charge on any atom is 0.449 e. The molecule has 88 valence electrons. The van der Waals surface area contributed by atoms with Crippen LogP contribution >= 0.6 is 11.8 Å². The van der Waals surface area contributed by atoms with Gasteiger partial charge in [0.1, 0.15) is 12.0 Å². The Morgan fingerprint density at radius 3 is 2.62 bits per heavy atom. The van der Waals surface area contributed by atoms with Crippen molar-refractivity contribution in [2.45, 2.75) is 32.0 Å². The zero-order valence-electron chi connectivity index (χ0n) is 8.76. The van der Waals surface area contributed by atoms with Crippen molar-refractivity contribution in [2.24, 2.45) is 4.99 Å². The molecule has 7 heteroatoms. The van der Waals surface area contributed by atoms with E-state index in [1.54, 1.807) is 13.8 Å². The molecule has 0 aromatic carbocycles. The Balaban J connectivity index is 2.60. The van der Waals surface area contributed by atoms with Crippen molar-refractivity contribution < 1.29 is 22.5 Å². The summed E-state index contributed by atoms with van der Waals surface area (Å²) in [6, 6.07) is 0. The minimum atomic E-state index is -4.47. The molecule has 2 aliphatic rings. The third kappa shape index (κ3) is 1.77. The fourth-order valence-corrected chi connectivity index (χ4v) is 3.05. The van der Waals surface area contributed by atoms with Gasteiger partial charge in [0.15, 0.2) is 5.71 Å². The number of carbonyl (C=O) groups excluding carboxylic acids is 1. The van der Waals surface area contributed by atoms with Crippen LogP contribution in [0.3, 0.4) is 0 Å². The first-order chi connectivity index (χ1) is 7.22. The zero-order valence-corrected chi connectivity index (χ0v) is 9.58. The average Bonchev–Trinajstić information content (AvgIpc) is 2.39. The number of thioether (sulfide) groups is 1.